The Hall–Kier alpha value is -4.38. The molecule has 0 aromatic heterocycles. The molecule has 6 heteroatoms. The predicted octanol–water partition coefficient (Wildman–Crippen LogP) is 9.04. The van der Waals surface area contributed by atoms with Crippen molar-refractivity contribution in [2.24, 2.45) is 0 Å². The Morgan fingerprint density at radius 3 is 1.08 bits per heavy atom. The number of hydrogen-bond acceptors (Lipinski definition) is 4. The Labute approximate surface area is 230 Å². The fourth-order valence-electron chi connectivity index (χ4n) is 3.76. The lowest BCUT2D eigenvalue weighted by Crippen LogP contribution is -2.00. The SMILES string of the molecule is O=C(c1ccc(Cl)cc1)c1ccc(Oc2cccc(Oc3ccc(C(=O)c4ccc(Cl)cc4)cc3)c2)cc1. The van der Waals surface area contributed by atoms with E-state index in [0.717, 1.165) is 0 Å². The van der Waals surface area contributed by atoms with Crippen LogP contribution < -0.4 is 9.47 Å². The molecule has 5 aromatic rings. The third kappa shape index (κ3) is 6.12. The average Bonchev–Trinajstić information content (AvgIpc) is 2.94. The van der Waals surface area contributed by atoms with E-state index in [-0.39, 0.29) is 11.6 Å². The summed E-state index contributed by atoms with van der Waals surface area (Å²) in [5, 5.41) is 1.16. The van der Waals surface area contributed by atoms with Gasteiger partial charge in [0.1, 0.15) is 23.0 Å². The van der Waals surface area contributed by atoms with E-state index in [0.29, 0.717) is 55.3 Å². The lowest BCUT2D eigenvalue weighted by Gasteiger charge is -2.10. The molecule has 0 fully saturated rings. The fraction of sp³-hybridized carbons (Fsp3) is 0. The second kappa shape index (κ2) is 11.3. The molecule has 5 rings (SSSR count). The van der Waals surface area contributed by atoms with Gasteiger partial charge in [-0.25, -0.2) is 0 Å². The third-order valence-corrected chi connectivity index (χ3v) is 6.23. The number of ketones is 2. The van der Waals surface area contributed by atoms with Gasteiger partial charge in [0.05, 0.1) is 0 Å². The van der Waals surface area contributed by atoms with E-state index in [9.17, 15) is 9.59 Å². The summed E-state index contributed by atoms with van der Waals surface area (Å²) in [4.78, 5) is 25.3. The number of carbonyl (C=O) groups is 2. The van der Waals surface area contributed by atoms with Gasteiger partial charge in [-0.2, -0.15) is 0 Å². The van der Waals surface area contributed by atoms with Crippen LogP contribution in [0.25, 0.3) is 0 Å². The monoisotopic (exact) mass is 538 g/mol. The van der Waals surface area contributed by atoms with Gasteiger partial charge in [-0.1, -0.05) is 29.3 Å². The first-order chi connectivity index (χ1) is 18.4. The van der Waals surface area contributed by atoms with E-state index in [4.69, 9.17) is 32.7 Å². The van der Waals surface area contributed by atoms with Crippen molar-refractivity contribution in [3.63, 3.8) is 0 Å². The highest BCUT2D eigenvalue weighted by Crippen LogP contribution is 2.29. The highest BCUT2D eigenvalue weighted by atomic mass is 35.5. The van der Waals surface area contributed by atoms with E-state index in [1.807, 2.05) is 18.2 Å². The molecule has 0 spiro atoms. The van der Waals surface area contributed by atoms with Crippen LogP contribution in [0.4, 0.5) is 0 Å². The molecular formula is C32H20Cl2O4. The molecule has 0 aliphatic carbocycles. The van der Waals surface area contributed by atoms with Gasteiger partial charge < -0.3 is 9.47 Å². The first-order valence-corrected chi connectivity index (χ1v) is 12.5. The lowest BCUT2D eigenvalue weighted by molar-refractivity contribution is 0.103. The quantitative estimate of drug-likeness (QED) is 0.185. The molecule has 5 aromatic carbocycles. The maximum Gasteiger partial charge on any atom is 0.193 e. The Bertz CT molecular complexity index is 1460. The van der Waals surface area contributed by atoms with Gasteiger partial charge in [0.15, 0.2) is 11.6 Å². The van der Waals surface area contributed by atoms with Crippen LogP contribution in [0.1, 0.15) is 31.8 Å². The minimum atomic E-state index is -0.0931. The molecule has 0 radical (unpaired) electrons. The molecule has 0 amide bonds. The third-order valence-electron chi connectivity index (χ3n) is 5.72. The molecule has 186 valence electrons. The minimum Gasteiger partial charge on any atom is -0.457 e. The normalized spacial score (nSPS) is 10.6. The summed E-state index contributed by atoms with van der Waals surface area (Å²) < 4.78 is 11.9. The molecule has 38 heavy (non-hydrogen) atoms. The van der Waals surface area contributed by atoms with Crippen molar-refractivity contribution in [3.8, 4) is 23.0 Å². The van der Waals surface area contributed by atoms with Crippen molar-refractivity contribution in [3.05, 3.63) is 154 Å². The van der Waals surface area contributed by atoms with Crippen LogP contribution in [0.15, 0.2) is 121 Å². The lowest BCUT2D eigenvalue weighted by atomic mass is 10.0. The molecule has 0 saturated carbocycles. The maximum absolute atomic E-state index is 12.7. The van der Waals surface area contributed by atoms with Crippen molar-refractivity contribution in [1.82, 2.24) is 0 Å². The fourth-order valence-corrected chi connectivity index (χ4v) is 4.01. The molecule has 0 heterocycles. The molecule has 0 unspecified atom stereocenters. The summed E-state index contributed by atoms with van der Waals surface area (Å²) in [6, 6.07) is 34.6. The number of halogens is 2. The number of rotatable bonds is 8. The zero-order chi connectivity index (χ0) is 26.5. The second-order valence-corrected chi connectivity index (χ2v) is 9.27. The summed E-state index contributed by atoms with van der Waals surface area (Å²) in [6.07, 6.45) is 0. The zero-order valence-electron chi connectivity index (χ0n) is 19.9. The molecule has 0 N–H and O–H groups in total. The van der Waals surface area contributed by atoms with E-state index >= 15 is 0 Å². The molecule has 0 atom stereocenters. The van der Waals surface area contributed by atoms with Gasteiger partial charge in [-0.15, -0.1) is 0 Å². The molecule has 4 nitrogen and oxygen atoms in total. The van der Waals surface area contributed by atoms with Crippen LogP contribution in [0, 0.1) is 0 Å². The Balaban J connectivity index is 1.23. The van der Waals surface area contributed by atoms with Crippen molar-refractivity contribution in [1.29, 1.82) is 0 Å². The van der Waals surface area contributed by atoms with Crippen LogP contribution in [0.2, 0.25) is 10.0 Å². The Kier molecular flexibility index (Phi) is 7.55. The van der Waals surface area contributed by atoms with E-state index < -0.39 is 0 Å². The Morgan fingerprint density at radius 1 is 0.421 bits per heavy atom. The smallest absolute Gasteiger partial charge is 0.193 e. The van der Waals surface area contributed by atoms with E-state index in [1.54, 1.807) is 103 Å². The average molecular weight is 539 g/mol. The van der Waals surface area contributed by atoms with Crippen molar-refractivity contribution in [2.45, 2.75) is 0 Å². The summed E-state index contributed by atoms with van der Waals surface area (Å²) in [5.41, 5.74) is 2.23. The van der Waals surface area contributed by atoms with Crippen molar-refractivity contribution >= 4 is 34.8 Å². The van der Waals surface area contributed by atoms with Gasteiger partial charge in [0.25, 0.3) is 0 Å². The topological polar surface area (TPSA) is 52.6 Å². The first kappa shape index (κ1) is 25.3. The standard InChI is InChI=1S/C32H20Cl2O4/c33-25-12-4-21(5-13-25)31(35)23-8-16-27(17-9-23)37-29-2-1-3-30(20-29)38-28-18-10-24(11-19-28)32(36)22-6-14-26(34)15-7-22/h1-20H. The van der Waals surface area contributed by atoms with Crippen LogP contribution in [-0.4, -0.2) is 11.6 Å². The van der Waals surface area contributed by atoms with Gasteiger partial charge in [-0.05, 0) is 109 Å². The van der Waals surface area contributed by atoms with Crippen LogP contribution in [0.5, 0.6) is 23.0 Å². The number of ether oxygens (including phenoxy) is 2. The van der Waals surface area contributed by atoms with Gasteiger partial charge in [-0.3, -0.25) is 9.59 Å². The molecular weight excluding hydrogens is 519 g/mol. The second-order valence-electron chi connectivity index (χ2n) is 8.40. The molecule has 0 saturated heterocycles. The number of hydrogen-bond donors (Lipinski definition) is 0. The minimum absolute atomic E-state index is 0.0931. The zero-order valence-corrected chi connectivity index (χ0v) is 21.4. The predicted molar refractivity (Wildman–Crippen MR) is 149 cm³/mol. The number of carbonyl (C=O) groups excluding carboxylic acids is 2. The molecule has 0 aliphatic rings. The summed E-state index contributed by atoms with van der Waals surface area (Å²) in [5.74, 6) is 2.14. The largest absolute Gasteiger partial charge is 0.457 e. The summed E-state index contributed by atoms with van der Waals surface area (Å²) >= 11 is 11.8. The molecule has 0 aliphatic heterocycles. The molecule has 0 bridgehead atoms. The van der Waals surface area contributed by atoms with E-state index in [1.165, 1.54) is 0 Å². The van der Waals surface area contributed by atoms with Crippen LogP contribution in [0.3, 0.4) is 0 Å². The van der Waals surface area contributed by atoms with Crippen molar-refractivity contribution < 1.29 is 19.1 Å². The highest BCUT2D eigenvalue weighted by molar-refractivity contribution is 6.31. The van der Waals surface area contributed by atoms with Crippen LogP contribution in [-0.2, 0) is 0 Å². The van der Waals surface area contributed by atoms with Gasteiger partial charge >= 0.3 is 0 Å². The van der Waals surface area contributed by atoms with E-state index in [2.05, 4.69) is 0 Å². The number of benzene rings is 5. The van der Waals surface area contributed by atoms with Gasteiger partial charge in [0, 0.05) is 38.4 Å². The summed E-state index contributed by atoms with van der Waals surface area (Å²) in [6.45, 7) is 0. The van der Waals surface area contributed by atoms with Crippen LogP contribution >= 0.6 is 23.2 Å². The highest BCUT2D eigenvalue weighted by Gasteiger charge is 2.11. The maximum atomic E-state index is 12.7. The first-order valence-electron chi connectivity index (χ1n) is 11.7. The Morgan fingerprint density at radius 2 is 0.737 bits per heavy atom. The van der Waals surface area contributed by atoms with Gasteiger partial charge in [0.2, 0.25) is 0 Å². The summed E-state index contributed by atoms with van der Waals surface area (Å²) in [7, 11) is 0. The van der Waals surface area contributed by atoms with Crippen molar-refractivity contribution in [2.75, 3.05) is 0 Å².